The first-order valence-electron chi connectivity index (χ1n) is 10.2. The molecule has 0 amide bonds. The van der Waals surface area contributed by atoms with Gasteiger partial charge < -0.3 is 24.8 Å². The zero-order chi connectivity index (χ0) is 21.3. The zero-order valence-electron chi connectivity index (χ0n) is 18.2. The molecule has 2 aromatic carbocycles. The lowest BCUT2D eigenvalue weighted by Gasteiger charge is -2.17. The van der Waals surface area contributed by atoms with Gasteiger partial charge in [0, 0.05) is 32.3 Å². The molecule has 2 aromatic rings. The summed E-state index contributed by atoms with van der Waals surface area (Å²) in [6.07, 6.45) is 2.31. The van der Waals surface area contributed by atoms with Gasteiger partial charge in [0.05, 0.1) is 13.2 Å². The van der Waals surface area contributed by atoms with Crippen molar-refractivity contribution >= 4 is 29.9 Å². The number of nitrogens with one attached hydrogen (secondary N) is 2. The molecule has 0 spiro atoms. The van der Waals surface area contributed by atoms with E-state index in [1.807, 2.05) is 19.1 Å². The summed E-state index contributed by atoms with van der Waals surface area (Å²) in [5, 5.41) is 6.49. The van der Waals surface area contributed by atoms with Crippen LogP contribution in [0.25, 0.3) is 0 Å². The highest BCUT2D eigenvalue weighted by Gasteiger charge is 2.17. The van der Waals surface area contributed by atoms with Gasteiger partial charge in [-0.3, -0.25) is 4.99 Å². The summed E-state index contributed by atoms with van der Waals surface area (Å²) >= 11 is 0. The minimum absolute atomic E-state index is 0. The average Bonchev–Trinajstić information content (AvgIpc) is 3.27. The maximum absolute atomic E-state index is 13.9. The van der Waals surface area contributed by atoms with Crippen LogP contribution in [0.3, 0.4) is 0 Å². The zero-order valence-corrected chi connectivity index (χ0v) is 20.6. The molecule has 3 rings (SSSR count). The maximum Gasteiger partial charge on any atom is 0.191 e. The molecule has 0 radical (unpaired) electrons. The topological polar surface area (TPSA) is 64.1 Å². The molecule has 2 N–H and O–H groups in total. The van der Waals surface area contributed by atoms with Crippen LogP contribution in [0.4, 0.5) is 4.39 Å². The minimum atomic E-state index is -0.382. The van der Waals surface area contributed by atoms with Crippen molar-refractivity contribution in [3.63, 3.8) is 0 Å². The molecule has 1 aliphatic heterocycles. The normalized spacial score (nSPS) is 15.9. The summed E-state index contributed by atoms with van der Waals surface area (Å²) in [4.78, 5) is 4.25. The second kappa shape index (κ2) is 12.7. The van der Waals surface area contributed by atoms with Gasteiger partial charge in [-0.05, 0) is 49.1 Å². The number of halogens is 2. The number of hydrogen-bond donors (Lipinski definition) is 2. The number of rotatable bonds is 8. The fourth-order valence-electron chi connectivity index (χ4n) is 3.31. The fourth-order valence-corrected chi connectivity index (χ4v) is 3.31. The second-order valence-corrected chi connectivity index (χ2v) is 7.31. The van der Waals surface area contributed by atoms with Gasteiger partial charge >= 0.3 is 0 Å². The molecule has 1 aliphatic rings. The number of methoxy groups -OCH3 is 1. The maximum atomic E-state index is 13.9. The van der Waals surface area contributed by atoms with Gasteiger partial charge in [0.15, 0.2) is 17.5 Å². The molecule has 170 valence electrons. The Morgan fingerprint density at radius 3 is 2.65 bits per heavy atom. The minimum Gasteiger partial charge on any atom is -0.494 e. The van der Waals surface area contributed by atoms with E-state index < -0.39 is 0 Å². The van der Waals surface area contributed by atoms with Gasteiger partial charge in [0.2, 0.25) is 0 Å². The summed E-state index contributed by atoms with van der Waals surface area (Å²) in [7, 11) is 3.15. The van der Waals surface area contributed by atoms with E-state index in [2.05, 4.69) is 27.8 Å². The Kier molecular flexibility index (Phi) is 10.3. The molecule has 0 aliphatic carbocycles. The quantitative estimate of drug-likeness (QED) is 0.297. The Bertz CT molecular complexity index is 873. The molecule has 6 nitrogen and oxygen atoms in total. The molecule has 1 saturated heterocycles. The van der Waals surface area contributed by atoms with E-state index in [1.165, 1.54) is 13.2 Å². The number of ether oxygens (including phenoxy) is 3. The Balaban J connectivity index is 0.00000341. The van der Waals surface area contributed by atoms with E-state index >= 15 is 0 Å². The number of aliphatic imine (C=N–C) groups is 1. The van der Waals surface area contributed by atoms with E-state index in [4.69, 9.17) is 14.2 Å². The first-order valence-corrected chi connectivity index (χ1v) is 10.2. The van der Waals surface area contributed by atoms with E-state index in [1.54, 1.807) is 13.1 Å². The van der Waals surface area contributed by atoms with Gasteiger partial charge in [-0.1, -0.05) is 18.2 Å². The summed E-state index contributed by atoms with van der Waals surface area (Å²) in [6, 6.07) is 11.1. The molecule has 1 heterocycles. The highest BCUT2D eigenvalue weighted by Crippen LogP contribution is 2.22. The van der Waals surface area contributed by atoms with Crippen LogP contribution in [0.1, 0.15) is 29.5 Å². The van der Waals surface area contributed by atoms with Crippen molar-refractivity contribution in [2.24, 2.45) is 4.99 Å². The molecule has 1 unspecified atom stereocenters. The molecule has 8 heteroatoms. The van der Waals surface area contributed by atoms with Crippen molar-refractivity contribution in [1.29, 1.82) is 0 Å². The van der Waals surface area contributed by atoms with Crippen molar-refractivity contribution in [2.45, 2.75) is 39.0 Å². The molecular weight excluding hydrogens is 512 g/mol. The van der Waals surface area contributed by atoms with Crippen LogP contribution >= 0.6 is 24.0 Å². The van der Waals surface area contributed by atoms with Gasteiger partial charge in [-0.2, -0.15) is 0 Å². The molecule has 1 atom stereocenters. The Labute approximate surface area is 200 Å². The number of guanidine groups is 1. The number of benzene rings is 2. The lowest BCUT2D eigenvalue weighted by molar-refractivity contribution is 0.0676. The first kappa shape index (κ1) is 25.2. The Hall–Kier alpha value is -2.07. The average molecular weight is 543 g/mol. The number of hydrogen-bond acceptors (Lipinski definition) is 4. The largest absolute Gasteiger partial charge is 0.494 e. The van der Waals surface area contributed by atoms with E-state index in [0.29, 0.717) is 25.7 Å². The molecule has 1 fully saturated rings. The van der Waals surface area contributed by atoms with Gasteiger partial charge in [-0.25, -0.2) is 4.39 Å². The summed E-state index contributed by atoms with van der Waals surface area (Å²) < 4.78 is 30.5. The van der Waals surface area contributed by atoms with Crippen molar-refractivity contribution in [3.8, 4) is 11.5 Å². The fraction of sp³-hybridized carbons (Fsp3) is 0.435. The third-order valence-electron chi connectivity index (χ3n) is 5.02. The molecule has 0 saturated carbocycles. The molecule has 31 heavy (non-hydrogen) atoms. The van der Waals surface area contributed by atoms with Gasteiger partial charge in [0.1, 0.15) is 12.4 Å². The van der Waals surface area contributed by atoms with E-state index in [9.17, 15) is 4.39 Å². The van der Waals surface area contributed by atoms with E-state index in [0.717, 1.165) is 41.9 Å². The third-order valence-corrected chi connectivity index (χ3v) is 5.02. The van der Waals surface area contributed by atoms with Crippen LogP contribution in [0.2, 0.25) is 0 Å². The van der Waals surface area contributed by atoms with Crippen LogP contribution in [0, 0.1) is 12.7 Å². The SMILES string of the molecule is CN=C(NCc1ccc(OC)c(F)c1)NCc1ccc(C)cc1OCC1CCCO1.I. The molecular formula is C23H31FIN3O3. The smallest absolute Gasteiger partial charge is 0.191 e. The summed E-state index contributed by atoms with van der Waals surface area (Å²) in [5.41, 5.74) is 2.98. The molecule has 0 bridgehead atoms. The highest BCUT2D eigenvalue weighted by atomic mass is 127. The molecule has 0 aromatic heterocycles. The van der Waals surface area contributed by atoms with Gasteiger partial charge in [-0.15, -0.1) is 24.0 Å². The van der Waals surface area contributed by atoms with Crippen molar-refractivity contribution < 1.29 is 18.6 Å². The first-order chi connectivity index (χ1) is 14.6. The highest BCUT2D eigenvalue weighted by molar-refractivity contribution is 14.0. The van der Waals surface area contributed by atoms with E-state index in [-0.39, 0.29) is 41.6 Å². The lowest BCUT2D eigenvalue weighted by Crippen LogP contribution is -2.36. The van der Waals surface area contributed by atoms with Crippen molar-refractivity contribution in [3.05, 3.63) is 58.9 Å². The summed E-state index contributed by atoms with van der Waals surface area (Å²) in [5.74, 6) is 1.33. The predicted molar refractivity (Wildman–Crippen MR) is 131 cm³/mol. The van der Waals surface area contributed by atoms with Crippen molar-refractivity contribution in [2.75, 3.05) is 27.4 Å². The monoisotopic (exact) mass is 543 g/mol. The Morgan fingerprint density at radius 2 is 1.97 bits per heavy atom. The van der Waals surface area contributed by atoms with Crippen LogP contribution in [-0.4, -0.2) is 39.4 Å². The lowest BCUT2D eigenvalue weighted by atomic mass is 10.1. The third kappa shape index (κ3) is 7.53. The van der Waals surface area contributed by atoms with Gasteiger partial charge in [0.25, 0.3) is 0 Å². The van der Waals surface area contributed by atoms with Crippen LogP contribution < -0.4 is 20.1 Å². The van der Waals surface area contributed by atoms with Crippen LogP contribution in [0.5, 0.6) is 11.5 Å². The number of nitrogens with zero attached hydrogens (tertiary/aromatic N) is 1. The standard InChI is InChI=1S/C23H30FN3O3.HI/c1-16-6-8-18(22(11-16)30-15-19-5-4-10-29-19)14-27-23(25-2)26-13-17-7-9-21(28-3)20(24)12-17;/h6-9,11-12,19H,4-5,10,13-15H2,1-3H3,(H2,25,26,27);1H. The van der Waals surface area contributed by atoms with Crippen molar-refractivity contribution in [1.82, 2.24) is 10.6 Å². The Morgan fingerprint density at radius 1 is 1.16 bits per heavy atom. The predicted octanol–water partition coefficient (Wildman–Crippen LogP) is 4.18. The van der Waals surface area contributed by atoms with Crippen LogP contribution in [-0.2, 0) is 17.8 Å². The summed E-state index contributed by atoms with van der Waals surface area (Å²) in [6.45, 7) is 4.42. The number of aryl methyl sites for hydroxylation is 1. The van der Waals surface area contributed by atoms with Crippen LogP contribution in [0.15, 0.2) is 41.4 Å². The second-order valence-electron chi connectivity index (χ2n) is 7.31.